The Bertz CT molecular complexity index is 1380. The molecule has 0 aliphatic rings. The predicted octanol–water partition coefficient (Wildman–Crippen LogP) is 5.15. The zero-order valence-electron chi connectivity index (χ0n) is 15.4. The van der Waals surface area contributed by atoms with Crippen LogP contribution in [-0.4, -0.2) is 47.5 Å². The molecule has 0 amide bonds. The number of hydrogen-bond donors (Lipinski definition) is 2. The van der Waals surface area contributed by atoms with Crippen molar-refractivity contribution >= 4 is 79.1 Å². The van der Waals surface area contributed by atoms with Gasteiger partial charge in [0.1, 0.15) is 16.3 Å². The van der Waals surface area contributed by atoms with Gasteiger partial charge in [-0.3, -0.25) is 9.54 Å². The number of benzene rings is 3. The van der Waals surface area contributed by atoms with Gasteiger partial charge in [0.05, 0.1) is 17.6 Å². The van der Waals surface area contributed by atoms with Crippen LogP contribution >= 0.6 is 11.6 Å². The predicted molar refractivity (Wildman–Crippen MR) is 124 cm³/mol. The van der Waals surface area contributed by atoms with Crippen LogP contribution in [-0.2, 0) is 10.1 Å². The average Bonchev–Trinajstić information content (AvgIpc) is 2.73. The summed E-state index contributed by atoms with van der Waals surface area (Å²) in [4.78, 5) is 4.08. The first-order valence-electron chi connectivity index (χ1n) is 8.75. The molecule has 0 radical (unpaired) electrons. The Hall–Kier alpha value is -2.33. The first kappa shape index (κ1) is 23.3. The van der Waals surface area contributed by atoms with Gasteiger partial charge < -0.3 is 5.73 Å². The first-order chi connectivity index (χ1) is 14.3. The van der Waals surface area contributed by atoms with Crippen LogP contribution in [0.15, 0.2) is 88.1 Å². The van der Waals surface area contributed by atoms with Gasteiger partial charge in [0.2, 0.25) is 0 Å². The Morgan fingerprint density at radius 3 is 2.23 bits per heavy atom. The SMILES string of the molecule is Nc1c(/N=N/c2ccc(-c3ccc(Cl)cc3)nc2)cc(S(=O)(=O)O)c2ccccc12.[NaH]. The number of nitrogens with zero attached hydrogens (tertiary/aromatic N) is 3. The van der Waals surface area contributed by atoms with Crippen molar-refractivity contribution in [2.75, 3.05) is 5.73 Å². The molecule has 0 aliphatic heterocycles. The third-order valence-electron chi connectivity index (χ3n) is 4.47. The normalized spacial score (nSPS) is 11.5. The van der Waals surface area contributed by atoms with E-state index in [9.17, 15) is 13.0 Å². The number of nitrogens with two attached hydrogens (primary N) is 1. The van der Waals surface area contributed by atoms with Crippen LogP contribution in [0.1, 0.15) is 0 Å². The summed E-state index contributed by atoms with van der Waals surface area (Å²) in [6.45, 7) is 0. The molecule has 0 spiro atoms. The van der Waals surface area contributed by atoms with E-state index in [4.69, 9.17) is 17.3 Å². The molecule has 10 heteroatoms. The summed E-state index contributed by atoms with van der Waals surface area (Å²) in [7, 11) is -4.47. The van der Waals surface area contributed by atoms with Crippen molar-refractivity contribution in [1.29, 1.82) is 0 Å². The molecule has 3 aromatic carbocycles. The number of anilines is 1. The van der Waals surface area contributed by atoms with Crippen molar-refractivity contribution in [2.45, 2.75) is 4.90 Å². The summed E-state index contributed by atoms with van der Waals surface area (Å²) in [6, 6.07) is 18.6. The summed E-state index contributed by atoms with van der Waals surface area (Å²) in [5.74, 6) is 0. The van der Waals surface area contributed by atoms with E-state index >= 15 is 0 Å². The van der Waals surface area contributed by atoms with Crippen LogP contribution in [0.5, 0.6) is 0 Å². The monoisotopic (exact) mass is 462 g/mol. The number of azo groups is 1. The molecule has 4 aromatic rings. The van der Waals surface area contributed by atoms with Crippen molar-refractivity contribution in [1.82, 2.24) is 4.98 Å². The number of aromatic nitrogens is 1. The van der Waals surface area contributed by atoms with Crippen LogP contribution in [0.2, 0.25) is 5.02 Å². The molecule has 0 saturated carbocycles. The Morgan fingerprint density at radius 2 is 1.61 bits per heavy atom. The number of rotatable bonds is 4. The zero-order chi connectivity index (χ0) is 21.3. The van der Waals surface area contributed by atoms with E-state index in [2.05, 4.69) is 15.2 Å². The van der Waals surface area contributed by atoms with Crippen molar-refractivity contribution in [3.8, 4) is 11.3 Å². The van der Waals surface area contributed by atoms with Crippen molar-refractivity contribution in [3.63, 3.8) is 0 Å². The van der Waals surface area contributed by atoms with E-state index in [0.29, 0.717) is 21.5 Å². The molecule has 1 heterocycles. The molecule has 0 aliphatic carbocycles. The molecule has 31 heavy (non-hydrogen) atoms. The third-order valence-corrected chi connectivity index (χ3v) is 5.61. The van der Waals surface area contributed by atoms with Crippen LogP contribution in [0.4, 0.5) is 17.1 Å². The Morgan fingerprint density at radius 1 is 0.935 bits per heavy atom. The van der Waals surface area contributed by atoms with Gasteiger partial charge in [0, 0.05) is 21.4 Å². The number of halogens is 1. The Labute approximate surface area is 206 Å². The summed E-state index contributed by atoms with van der Waals surface area (Å²) in [5.41, 5.74) is 8.63. The third kappa shape index (κ3) is 5.12. The second-order valence-electron chi connectivity index (χ2n) is 6.44. The molecule has 0 fully saturated rings. The number of nitrogen functional groups attached to an aromatic ring is 1. The molecule has 0 atom stereocenters. The molecule has 1 aromatic heterocycles. The molecule has 3 N–H and O–H groups in total. The van der Waals surface area contributed by atoms with Gasteiger partial charge >= 0.3 is 29.6 Å². The minimum atomic E-state index is -4.47. The number of hydrogen-bond acceptors (Lipinski definition) is 6. The first-order valence-corrected chi connectivity index (χ1v) is 10.6. The van der Waals surface area contributed by atoms with E-state index in [-0.39, 0.29) is 45.8 Å². The standard InChI is InChI=1S/C21H15ClN4O3S.Na.H/c22-14-7-5-13(6-8-14)18-10-9-15(12-24-18)25-26-19-11-20(30(27,28)29)16-3-1-2-4-17(16)21(19)23;;/h1-12H,23H2,(H,27,28,29);;/b26-25+;;. The fraction of sp³-hybridized carbons (Fsp3) is 0. The Kier molecular flexibility index (Phi) is 7.10. The van der Waals surface area contributed by atoms with Gasteiger partial charge in [0.25, 0.3) is 10.1 Å². The number of fused-ring (bicyclic) bond motifs is 1. The van der Waals surface area contributed by atoms with Gasteiger partial charge in [-0.25, -0.2) is 0 Å². The van der Waals surface area contributed by atoms with E-state index in [1.54, 1.807) is 48.5 Å². The molecule has 0 saturated heterocycles. The maximum absolute atomic E-state index is 11.8. The van der Waals surface area contributed by atoms with Crippen LogP contribution < -0.4 is 5.73 Å². The quantitative estimate of drug-likeness (QED) is 0.188. The summed E-state index contributed by atoms with van der Waals surface area (Å²) >= 11 is 5.90. The maximum atomic E-state index is 11.8. The van der Waals surface area contributed by atoms with Gasteiger partial charge in [-0.05, 0) is 30.3 Å². The summed E-state index contributed by atoms with van der Waals surface area (Å²) in [6.07, 6.45) is 1.54. The summed E-state index contributed by atoms with van der Waals surface area (Å²) < 4.78 is 33.2. The zero-order valence-corrected chi connectivity index (χ0v) is 17.0. The topological polar surface area (TPSA) is 118 Å². The van der Waals surface area contributed by atoms with Gasteiger partial charge in [-0.2, -0.15) is 8.42 Å². The number of pyridine rings is 1. The molecule has 7 nitrogen and oxygen atoms in total. The van der Waals surface area contributed by atoms with Crippen molar-refractivity contribution in [2.24, 2.45) is 10.2 Å². The second kappa shape index (κ2) is 9.44. The van der Waals surface area contributed by atoms with Crippen LogP contribution in [0, 0.1) is 0 Å². The molecule has 0 bridgehead atoms. The van der Waals surface area contributed by atoms with Gasteiger partial charge in [-0.1, -0.05) is 48.0 Å². The van der Waals surface area contributed by atoms with Gasteiger partial charge in [0.15, 0.2) is 0 Å². The second-order valence-corrected chi connectivity index (χ2v) is 8.26. The minimum absolute atomic E-state index is 0. The van der Waals surface area contributed by atoms with E-state index in [1.807, 2.05) is 12.1 Å². The van der Waals surface area contributed by atoms with E-state index in [1.165, 1.54) is 12.3 Å². The van der Waals surface area contributed by atoms with Crippen molar-refractivity contribution < 1.29 is 13.0 Å². The van der Waals surface area contributed by atoms with E-state index < -0.39 is 10.1 Å². The van der Waals surface area contributed by atoms with Crippen LogP contribution in [0.25, 0.3) is 22.0 Å². The van der Waals surface area contributed by atoms with Gasteiger partial charge in [-0.15, -0.1) is 10.2 Å². The fourth-order valence-corrected chi connectivity index (χ4v) is 3.84. The molecular weight excluding hydrogens is 447 g/mol. The molecular formula is C21H16ClN4NaO3S. The molecule has 152 valence electrons. The molecule has 0 unspecified atom stereocenters. The average molecular weight is 463 g/mol. The van der Waals surface area contributed by atoms with E-state index in [0.717, 1.165) is 11.3 Å². The Balaban J connectivity index is 0.00000272. The fourth-order valence-electron chi connectivity index (χ4n) is 2.99. The van der Waals surface area contributed by atoms with Crippen LogP contribution in [0.3, 0.4) is 0 Å². The van der Waals surface area contributed by atoms with Crippen molar-refractivity contribution in [3.05, 3.63) is 77.9 Å². The molecule has 4 rings (SSSR count). The summed E-state index contributed by atoms with van der Waals surface area (Å²) in [5, 5.41) is 9.59.